The summed E-state index contributed by atoms with van der Waals surface area (Å²) in [7, 11) is 0. The Morgan fingerprint density at radius 1 is 1.22 bits per heavy atom. The summed E-state index contributed by atoms with van der Waals surface area (Å²) in [5.74, 6) is 0.0355. The molecule has 4 rings (SSSR count). The monoisotopic (exact) mass is 523 g/mol. The van der Waals surface area contributed by atoms with Gasteiger partial charge in [-0.1, -0.05) is 31.1 Å². The number of aromatic nitrogens is 2. The molecule has 2 amide bonds. The molecule has 1 saturated heterocycles. The standard InChI is InChI=1S/C26H33N7O3S/c1-4-28-24(35)20-16-19-23(29-26(27)30-25(19)37-20)22(31-36-15-14-32(5-2)6-3)17-9-11-18(12-10-17)33-13-7-8-21(33)34/h9-12,16H,4-8,13-15H2,1-3H3,(H,28,35)(H2,27,29,30). The van der Waals surface area contributed by atoms with E-state index in [0.29, 0.717) is 52.6 Å². The Balaban J connectivity index is 1.73. The van der Waals surface area contributed by atoms with E-state index in [-0.39, 0.29) is 17.8 Å². The molecule has 0 atom stereocenters. The third-order valence-corrected chi connectivity index (χ3v) is 7.30. The molecule has 1 aliphatic heterocycles. The molecule has 3 aromatic rings. The van der Waals surface area contributed by atoms with Crippen LogP contribution in [0.3, 0.4) is 0 Å². The van der Waals surface area contributed by atoms with E-state index < -0.39 is 0 Å². The van der Waals surface area contributed by atoms with Crippen LogP contribution in [0, 0.1) is 0 Å². The van der Waals surface area contributed by atoms with Crippen molar-refractivity contribution in [2.45, 2.75) is 33.6 Å². The molecule has 0 unspecified atom stereocenters. The number of benzene rings is 1. The number of carbonyl (C=O) groups excluding carboxylic acids is 2. The number of nitrogens with one attached hydrogen (secondary N) is 1. The molecule has 0 bridgehead atoms. The van der Waals surface area contributed by atoms with Gasteiger partial charge in [-0.2, -0.15) is 0 Å². The average molecular weight is 524 g/mol. The van der Waals surface area contributed by atoms with Crippen molar-refractivity contribution in [3.05, 3.63) is 46.5 Å². The van der Waals surface area contributed by atoms with E-state index in [9.17, 15) is 9.59 Å². The zero-order chi connectivity index (χ0) is 26.4. The molecule has 0 radical (unpaired) electrons. The Kier molecular flexibility index (Phi) is 8.67. The van der Waals surface area contributed by atoms with Gasteiger partial charge in [-0.25, -0.2) is 9.97 Å². The zero-order valence-electron chi connectivity index (χ0n) is 21.5. The molecule has 0 spiro atoms. The van der Waals surface area contributed by atoms with Gasteiger partial charge in [0.25, 0.3) is 5.91 Å². The van der Waals surface area contributed by atoms with Crippen LogP contribution in [0.4, 0.5) is 11.6 Å². The number of thiophene rings is 1. The van der Waals surface area contributed by atoms with Crippen LogP contribution in [0.2, 0.25) is 0 Å². The fourth-order valence-electron chi connectivity index (χ4n) is 4.25. The van der Waals surface area contributed by atoms with Crippen molar-refractivity contribution in [1.29, 1.82) is 0 Å². The topological polar surface area (TPSA) is 126 Å². The van der Waals surface area contributed by atoms with Gasteiger partial charge in [0.05, 0.1) is 4.88 Å². The Hall–Kier alpha value is -3.57. The SMILES string of the molecule is CCNC(=O)c1cc2c(C(=NOCCN(CC)CC)c3ccc(N4CCCC4=O)cc3)nc(N)nc2s1. The Bertz CT molecular complexity index is 1290. The lowest BCUT2D eigenvalue weighted by atomic mass is 10.0. The van der Waals surface area contributed by atoms with Gasteiger partial charge in [0.1, 0.15) is 22.8 Å². The molecule has 3 heterocycles. The van der Waals surface area contributed by atoms with Gasteiger partial charge >= 0.3 is 0 Å². The first-order valence-corrected chi connectivity index (χ1v) is 13.5. The summed E-state index contributed by atoms with van der Waals surface area (Å²) < 4.78 is 0. The zero-order valence-corrected chi connectivity index (χ0v) is 22.3. The normalized spacial score (nSPS) is 14.1. The molecule has 37 heavy (non-hydrogen) atoms. The second kappa shape index (κ2) is 12.1. The highest BCUT2D eigenvalue weighted by Gasteiger charge is 2.23. The number of nitrogen functional groups attached to an aromatic ring is 1. The van der Waals surface area contributed by atoms with Gasteiger partial charge < -0.3 is 25.7 Å². The minimum absolute atomic E-state index is 0.0851. The van der Waals surface area contributed by atoms with Gasteiger partial charge in [0.2, 0.25) is 11.9 Å². The number of oxime groups is 1. The highest BCUT2D eigenvalue weighted by molar-refractivity contribution is 7.20. The lowest BCUT2D eigenvalue weighted by Crippen LogP contribution is -2.26. The molecule has 1 fully saturated rings. The van der Waals surface area contributed by atoms with E-state index in [1.54, 1.807) is 11.0 Å². The van der Waals surface area contributed by atoms with E-state index in [2.05, 4.69) is 39.2 Å². The molecule has 196 valence electrons. The quantitative estimate of drug-likeness (QED) is 0.224. The maximum Gasteiger partial charge on any atom is 0.261 e. The van der Waals surface area contributed by atoms with Crippen molar-refractivity contribution >= 4 is 50.7 Å². The summed E-state index contributed by atoms with van der Waals surface area (Å²) in [6.07, 6.45) is 1.43. The summed E-state index contributed by atoms with van der Waals surface area (Å²) in [4.78, 5) is 44.5. The van der Waals surface area contributed by atoms with Gasteiger partial charge in [0.15, 0.2) is 0 Å². The number of hydrogen-bond donors (Lipinski definition) is 2. The average Bonchev–Trinajstić information content (AvgIpc) is 3.52. The molecule has 0 aliphatic carbocycles. The Morgan fingerprint density at radius 3 is 2.62 bits per heavy atom. The smallest absolute Gasteiger partial charge is 0.261 e. The van der Waals surface area contributed by atoms with Crippen LogP contribution in [0.15, 0.2) is 35.5 Å². The number of nitrogens with two attached hydrogens (primary N) is 1. The highest BCUT2D eigenvalue weighted by Crippen LogP contribution is 2.29. The molecule has 3 N–H and O–H groups in total. The lowest BCUT2D eigenvalue weighted by molar-refractivity contribution is -0.117. The number of fused-ring (bicyclic) bond motifs is 1. The summed E-state index contributed by atoms with van der Waals surface area (Å²) >= 11 is 1.25. The van der Waals surface area contributed by atoms with Gasteiger partial charge in [-0.15, -0.1) is 11.3 Å². The van der Waals surface area contributed by atoms with E-state index in [1.165, 1.54) is 11.3 Å². The van der Waals surface area contributed by atoms with Crippen molar-refractivity contribution in [2.75, 3.05) is 50.0 Å². The Morgan fingerprint density at radius 2 is 1.97 bits per heavy atom. The van der Waals surface area contributed by atoms with Crippen LogP contribution in [0.5, 0.6) is 0 Å². The number of carbonyl (C=O) groups is 2. The van der Waals surface area contributed by atoms with E-state index >= 15 is 0 Å². The molecular formula is C26H33N7O3S. The third-order valence-electron chi connectivity index (χ3n) is 6.27. The maximum atomic E-state index is 12.5. The number of rotatable bonds is 11. The van der Waals surface area contributed by atoms with Crippen LogP contribution in [-0.2, 0) is 9.63 Å². The van der Waals surface area contributed by atoms with Crippen LogP contribution in [0.1, 0.15) is 54.5 Å². The van der Waals surface area contributed by atoms with Crippen molar-refractivity contribution in [3.8, 4) is 0 Å². The molecule has 11 heteroatoms. The van der Waals surface area contributed by atoms with E-state index in [4.69, 9.17) is 10.6 Å². The first kappa shape index (κ1) is 26.5. The third kappa shape index (κ3) is 6.05. The van der Waals surface area contributed by atoms with Crippen LogP contribution >= 0.6 is 11.3 Å². The number of likely N-dealkylation sites (N-methyl/N-ethyl adjacent to an activating group) is 1. The largest absolute Gasteiger partial charge is 0.394 e. The van der Waals surface area contributed by atoms with Crippen molar-refractivity contribution in [2.24, 2.45) is 5.16 Å². The maximum absolute atomic E-state index is 12.5. The molecule has 1 aliphatic rings. The number of nitrogens with zero attached hydrogens (tertiary/aromatic N) is 5. The van der Waals surface area contributed by atoms with E-state index in [0.717, 1.165) is 37.3 Å². The van der Waals surface area contributed by atoms with Crippen LogP contribution in [0.25, 0.3) is 10.2 Å². The molecule has 1 aromatic carbocycles. The van der Waals surface area contributed by atoms with Crippen molar-refractivity contribution in [1.82, 2.24) is 20.2 Å². The summed E-state index contributed by atoms with van der Waals surface area (Å²) in [6, 6.07) is 9.37. The van der Waals surface area contributed by atoms with Gasteiger partial charge in [-0.3, -0.25) is 9.59 Å². The summed E-state index contributed by atoms with van der Waals surface area (Å²) in [6.45, 7) is 10.3. The molecule has 2 aromatic heterocycles. The van der Waals surface area contributed by atoms with Crippen molar-refractivity contribution < 1.29 is 14.4 Å². The lowest BCUT2D eigenvalue weighted by Gasteiger charge is -2.17. The van der Waals surface area contributed by atoms with Crippen molar-refractivity contribution in [3.63, 3.8) is 0 Å². The second-order valence-electron chi connectivity index (χ2n) is 8.62. The van der Waals surface area contributed by atoms with Gasteiger partial charge in [-0.05, 0) is 44.6 Å². The predicted octanol–water partition coefficient (Wildman–Crippen LogP) is 3.26. The van der Waals surface area contributed by atoms with E-state index in [1.807, 2.05) is 31.2 Å². The first-order chi connectivity index (χ1) is 17.9. The van der Waals surface area contributed by atoms with Crippen LogP contribution in [-0.4, -0.2) is 71.7 Å². The predicted molar refractivity (Wildman–Crippen MR) is 147 cm³/mol. The second-order valence-corrected chi connectivity index (χ2v) is 9.65. The minimum atomic E-state index is -0.177. The highest BCUT2D eigenvalue weighted by atomic mass is 32.1. The fraction of sp³-hybridized carbons (Fsp3) is 0.423. The van der Waals surface area contributed by atoms with Gasteiger partial charge in [0, 0.05) is 42.7 Å². The molecule has 0 saturated carbocycles. The number of anilines is 2. The number of hydrogen-bond acceptors (Lipinski definition) is 9. The summed E-state index contributed by atoms with van der Waals surface area (Å²) in [5, 5.41) is 7.99. The minimum Gasteiger partial charge on any atom is -0.394 e. The first-order valence-electron chi connectivity index (χ1n) is 12.6. The fourth-order valence-corrected chi connectivity index (χ4v) is 5.21. The Labute approximate surface area is 220 Å². The van der Waals surface area contributed by atoms with Crippen LogP contribution < -0.4 is 16.0 Å². The molecular weight excluding hydrogens is 490 g/mol. The molecule has 10 nitrogen and oxygen atoms in total. The number of amides is 2. The summed E-state index contributed by atoms with van der Waals surface area (Å²) in [5.41, 5.74) is 8.64.